The van der Waals surface area contributed by atoms with Crippen LogP contribution in [-0.2, 0) is 11.2 Å². The first-order chi connectivity index (χ1) is 9.52. The molecule has 0 aromatic heterocycles. The van der Waals surface area contributed by atoms with Gasteiger partial charge in [0, 0.05) is 18.1 Å². The third-order valence-corrected chi connectivity index (χ3v) is 3.98. The molecule has 0 bridgehead atoms. The Hall–Kier alpha value is -0.450. The molecule has 1 N–H and O–H groups in total. The van der Waals surface area contributed by atoms with Crippen LogP contribution in [0.5, 0.6) is 0 Å². The summed E-state index contributed by atoms with van der Waals surface area (Å²) in [6, 6.07) is 4.95. The molecule has 0 aliphatic heterocycles. The molecule has 0 heterocycles. The summed E-state index contributed by atoms with van der Waals surface area (Å²) < 4.78 is 19.0. The van der Waals surface area contributed by atoms with Gasteiger partial charge in [0.15, 0.2) is 0 Å². The van der Waals surface area contributed by atoms with E-state index in [1.165, 1.54) is 11.6 Å². The standard InChI is InChI=1S/C16H25BrFNO/c1-12(2)8-13(11-19-6-7-20-3)9-14-4-5-15(18)10-16(14)17/h4-5,10,12-13,19H,6-9,11H2,1-3H3. The Kier molecular flexibility index (Phi) is 8.34. The van der Waals surface area contributed by atoms with Crippen LogP contribution >= 0.6 is 15.9 Å². The zero-order valence-corrected chi connectivity index (χ0v) is 14.2. The predicted molar refractivity (Wildman–Crippen MR) is 85.5 cm³/mol. The molecule has 0 radical (unpaired) electrons. The topological polar surface area (TPSA) is 21.3 Å². The molecule has 1 atom stereocenters. The van der Waals surface area contributed by atoms with Gasteiger partial charge < -0.3 is 10.1 Å². The third kappa shape index (κ3) is 6.82. The Labute approximate surface area is 130 Å². The molecule has 1 aromatic rings. The molecule has 0 saturated carbocycles. The first-order valence-electron chi connectivity index (χ1n) is 7.16. The van der Waals surface area contributed by atoms with E-state index in [0.29, 0.717) is 11.8 Å². The van der Waals surface area contributed by atoms with E-state index in [4.69, 9.17) is 4.74 Å². The minimum absolute atomic E-state index is 0.195. The molecule has 1 aromatic carbocycles. The smallest absolute Gasteiger partial charge is 0.124 e. The number of ether oxygens (including phenoxy) is 1. The summed E-state index contributed by atoms with van der Waals surface area (Å²) in [5.41, 5.74) is 1.17. The second kappa shape index (κ2) is 9.48. The fraction of sp³-hybridized carbons (Fsp3) is 0.625. The molecule has 0 aliphatic carbocycles. The van der Waals surface area contributed by atoms with E-state index in [-0.39, 0.29) is 5.82 Å². The summed E-state index contributed by atoms with van der Waals surface area (Å²) in [4.78, 5) is 0. The van der Waals surface area contributed by atoms with Crippen molar-refractivity contribution >= 4 is 15.9 Å². The maximum absolute atomic E-state index is 13.1. The van der Waals surface area contributed by atoms with Crippen molar-refractivity contribution in [1.29, 1.82) is 0 Å². The largest absolute Gasteiger partial charge is 0.383 e. The van der Waals surface area contributed by atoms with E-state index in [9.17, 15) is 4.39 Å². The zero-order valence-electron chi connectivity index (χ0n) is 12.6. The van der Waals surface area contributed by atoms with E-state index in [2.05, 4.69) is 35.1 Å². The van der Waals surface area contributed by atoms with Gasteiger partial charge in [-0.15, -0.1) is 0 Å². The molecular weight excluding hydrogens is 321 g/mol. The molecule has 20 heavy (non-hydrogen) atoms. The van der Waals surface area contributed by atoms with E-state index in [0.717, 1.165) is 37.0 Å². The SMILES string of the molecule is COCCNCC(Cc1ccc(F)cc1Br)CC(C)C. The third-order valence-electron chi connectivity index (χ3n) is 3.24. The molecule has 0 saturated heterocycles. The van der Waals surface area contributed by atoms with Crippen LogP contribution < -0.4 is 5.32 Å². The van der Waals surface area contributed by atoms with Gasteiger partial charge in [-0.05, 0) is 48.9 Å². The average molecular weight is 346 g/mol. The van der Waals surface area contributed by atoms with Gasteiger partial charge in [0.25, 0.3) is 0 Å². The fourth-order valence-corrected chi connectivity index (χ4v) is 2.90. The lowest BCUT2D eigenvalue weighted by molar-refractivity contribution is 0.197. The van der Waals surface area contributed by atoms with Crippen LogP contribution in [0, 0.1) is 17.7 Å². The number of halogens is 2. The first kappa shape index (κ1) is 17.6. The van der Waals surface area contributed by atoms with Crippen molar-refractivity contribution in [3.63, 3.8) is 0 Å². The highest BCUT2D eigenvalue weighted by molar-refractivity contribution is 9.10. The zero-order chi connectivity index (χ0) is 15.0. The second-order valence-corrected chi connectivity index (χ2v) is 6.49. The highest BCUT2D eigenvalue weighted by Crippen LogP contribution is 2.23. The molecule has 4 heteroatoms. The molecule has 1 rings (SSSR count). The van der Waals surface area contributed by atoms with E-state index >= 15 is 0 Å². The summed E-state index contributed by atoms with van der Waals surface area (Å²) in [6.45, 7) is 7.04. The first-order valence-corrected chi connectivity index (χ1v) is 7.95. The fourth-order valence-electron chi connectivity index (χ4n) is 2.38. The van der Waals surface area contributed by atoms with Crippen LogP contribution in [0.1, 0.15) is 25.8 Å². The number of nitrogens with one attached hydrogen (secondary N) is 1. The van der Waals surface area contributed by atoms with Crippen molar-refractivity contribution in [1.82, 2.24) is 5.32 Å². The summed E-state index contributed by atoms with van der Waals surface area (Å²) in [6.07, 6.45) is 2.11. The van der Waals surface area contributed by atoms with E-state index < -0.39 is 0 Å². The van der Waals surface area contributed by atoms with Gasteiger partial charge in [-0.25, -0.2) is 4.39 Å². The summed E-state index contributed by atoms with van der Waals surface area (Å²) in [5.74, 6) is 1.01. The Morgan fingerprint density at radius 3 is 2.70 bits per heavy atom. The number of hydrogen-bond donors (Lipinski definition) is 1. The molecule has 0 amide bonds. The summed E-state index contributed by atoms with van der Waals surface area (Å²) in [7, 11) is 1.71. The van der Waals surface area contributed by atoms with Gasteiger partial charge >= 0.3 is 0 Å². The molecular formula is C16H25BrFNO. The van der Waals surface area contributed by atoms with Gasteiger partial charge in [-0.3, -0.25) is 0 Å². The minimum Gasteiger partial charge on any atom is -0.383 e. The lowest BCUT2D eigenvalue weighted by Gasteiger charge is -2.20. The van der Waals surface area contributed by atoms with Gasteiger partial charge in [0.2, 0.25) is 0 Å². The molecule has 114 valence electrons. The Morgan fingerprint density at radius 1 is 1.35 bits per heavy atom. The van der Waals surface area contributed by atoms with Crippen LogP contribution in [0.2, 0.25) is 0 Å². The summed E-state index contributed by atoms with van der Waals surface area (Å²) >= 11 is 3.45. The monoisotopic (exact) mass is 345 g/mol. The molecule has 2 nitrogen and oxygen atoms in total. The van der Waals surface area contributed by atoms with E-state index in [1.807, 2.05) is 6.07 Å². The van der Waals surface area contributed by atoms with E-state index in [1.54, 1.807) is 13.2 Å². The van der Waals surface area contributed by atoms with Crippen LogP contribution in [0.3, 0.4) is 0 Å². The quantitative estimate of drug-likeness (QED) is 0.682. The molecule has 0 fully saturated rings. The maximum Gasteiger partial charge on any atom is 0.124 e. The van der Waals surface area contributed by atoms with Crippen molar-refractivity contribution in [3.8, 4) is 0 Å². The van der Waals surface area contributed by atoms with Gasteiger partial charge in [0.05, 0.1) is 6.61 Å². The van der Waals surface area contributed by atoms with Crippen LogP contribution in [0.4, 0.5) is 4.39 Å². The highest BCUT2D eigenvalue weighted by Gasteiger charge is 2.13. The molecule has 0 spiro atoms. The van der Waals surface area contributed by atoms with Gasteiger partial charge in [-0.2, -0.15) is 0 Å². The lowest BCUT2D eigenvalue weighted by atomic mass is 9.91. The summed E-state index contributed by atoms with van der Waals surface area (Å²) in [5, 5.41) is 3.43. The molecule has 0 aliphatic rings. The van der Waals surface area contributed by atoms with Crippen molar-refractivity contribution < 1.29 is 9.13 Å². The van der Waals surface area contributed by atoms with Crippen molar-refractivity contribution in [2.24, 2.45) is 11.8 Å². The van der Waals surface area contributed by atoms with Crippen LogP contribution in [0.25, 0.3) is 0 Å². The second-order valence-electron chi connectivity index (χ2n) is 5.63. The van der Waals surface area contributed by atoms with Crippen molar-refractivity contribution in [2.75, 3.05) is 26.8 Å². The van der Waals surface area contributed by atoms with Gasteiger partial charge in [-0.1, -0.05) is 35.8 Å². The Bertz CT molecular complexity index is 398. The number of methoxy groups -OCH3 is 1. The highest BCUT2D eigenvalue weighted by atomic mass is 79.9. The number of hydrogen-bond acceptors (Lipinski definition) is 2. The normalized spacial score (nSPS) is 12.9. The minimum atomic E-state index is -0.195. The van der Waals surface area contributed by atoms with Crippen LogP contribution in [-0.4, -0.2) is 26.8 Å². The van der Waals surface area contributed by atoms with Crippen LogP contribution in [0.15, 0.2) is 22.7 Å². The number of benzene rings is 1. The van der Waals surface area contributed by atoms with Gasteiger partial charge in [0.1, 0.15) is 5.82 Å². The maximum atomic E-state index is 13.1. The Balaban J connectivity index is 2.58. The average Bonchev–Trinajstić information content (AvgIpc) is 2.37. The number of rotatable bonds is 9. The lowest BCUT2D eigenvalue weighted by Crippen LogP contribution is -2.28. The predicted octanol–water partition coefficient (Wildman–Crippen LogP) is 4.03. The Morgan fingerprint density at radius 2 is 2.10 bits per heavy atom. The molecule has 1 unspecified atom stereocenters. The van der Waals surface area contributed by atoms with Crippen molar-refractivity contribution in [2.45, 2.75) is 26.7 Å². The van der Waals surface area contributed by atoms with Crippen molar-refractivity contribution in [3.05, 3.63) is 34.1 Å².